The number of carbonyl (C=O) groups is 1. The van der Waals surface area contributed by atoms with Crippen molar-refractivity contribution in [3.8, 4) is 5.75 Å². The summed E-state index contributed by atoms with van der Waals surface area (Å²) in [7, 11) is 0. The van der Waals surface area contributed by atoms with Gasteiger partial charge in [-0.2, -0.15) is 0 Å². The highest BCUT2D eigenvalue weighted by atomic mass is 16.5. The average molecular weight is 318 g/mol. The topological polar surface area (TPSA) is 41.6 Å². The Morgan fingerprint density at radius 1 is 1.30 bits per heavy atom. The molecule has 0 aliphatic carbocycles. The van der Waals surface area contributed by atoms with Gasteiger partial charge in [0.05, 0.1) is 6.10 Å². The maximum Gasteiger partial charge on any atom is 0.225 e. The van der Waals surface area contributed by atoms with Crippen LogP contribution < -0.4 is 10.1 Å². The van der Waals surface area contributed by atoms with E-state index in [4.69, 9.17) is 4.74 Å². The highest BCUT2D eigenvalue weighted by Crippen LogP contribution is 2.20. The zero-order valence-electron chi connectivity index (χ0n) is 14.7. The highest BCUT2D eigenvalue weighted by molar-refractivity contribution is 5.90. The molecule has 1 amide bonds. The predicted octanol–water partition coefficient (Wildman–Crippen LogP) is 4.07. The molecule has 1 atom stereocenters. The van der Waals surface area contributed by atoms with Crippen LogP contribution in [0.3, 0.4) is 0 Å². The zero-order valence-corrected chi connectivity index (χ0v) is 14.7. The van der Waals surface area contributed by atoms with Crippen LogP contribution in [0.15, 0.2) is 24.3 Å². The molecule has 1 aliphatic heterocycles. The Morgan fingerprint density at radius 3 is 2.70 bits per heavy atom. The number of anilines is 1. The summed E-state index contributed by atoms with van der Waals surface area (Å²) in [6.45, 7) is 8.23. The molecule has 4 nitrogen and oxygen atoms in total. The van der Waals surface area contributed by atoms with Crippen molar-refractivity contribution in [3.05, 3.63) is 24.3 Å². The van der Waals surface area contributed by atoms with Gasteiger partial charge in [0.25, 0.3) is 0 Å². The van der Waals surface area contributed by atoms with E-state index in [1.54, 1.807) is 0 Å². The van der Waals surface area contributed by atoms with Gasteiger partial charge in [-0.25, -0.2) is 0 Å². The number of carbonyl (C=O) groups excluding carboxylic acids is 1. The fraction of sp³-hybridized carbons (Fsp3) is 0.632. The second kappa shape index (κ2) is 8.92. The molecule has 2 rings (SSSR count). The maximum absolute atomic E-state index is 12.1. The third kappa shape index (κ3) is 5.87. The van der Waals surface area contributed by atoms with Gasteiger partial charge in [0.1, 0.15) is 5.75 Å². The normalized spacial score (nSPS) is 18.9. The largest absolute Gasteiger partial charge is 0.491 e. The number of likely N-dealkylation sites (tertiary alicyclic amines) is 1. The van der Waals surface area contributed by atoms with Crippen LogP contribution in [0.4, 0.5) is 5.69 Å². The number of piperidine rings is 1. The number of hydrogen-bond donors (Lipinski definition) is 1. The Bertz CT molecular complexity index is 485. The van der Waals surface area contributed by atoms with E-state index in [1.807, 2.05) is 38.1 Å². The van der Waals surface area contributed by atoms with Crippen LogP contribution in [0, 0.1) is 0 Å². The van der Waals surface area contributed by atoms with Gasteiger partial charge in [-0.05, 0) is 63.9 Å². The van der Waals surface area contributed by atoms with Crippen molar-refractivity contribution in [3.63, 3.8) is 0 Å². The van der Waals surface area contributed by atoms with Crippen molar-refractivity contribution in [1.82, 2.24) is 4.90 Å². The molecule has 4 heteroatoms. The van der Waals surface area contributed by atoms with Gasteiger partial charge in [0.15, 0.2) is 0 Å². The Balaban J connectivity index is 1.77. The number of nitrogens with zero attached hydrogens (tertiary/aromatic N) is 1. The van der Waals surface area contributed by atoms with Crippen LogP contribution in [-0.4, -0.2) is 36.0 Å². The van der Waals surface area contributed by atoms with E-state index >= 15 is 0 Å². The summed E-state index contributed by atoms with van der Waals surface area (Å²) < 4.78 is 5.61. The van der Waals surface area contributed by atoms with E-state index in [2.05, 4.69) is 17.1 Å². The minimum absolute atomic E-state index is 0.0861. The summed E-state index contributed by atoms with van der Waals surface area (Å²) in [4.78, 5) is 14.6. The van der Waals surface area contributed by atoms with Crippen molar-refractivity contribution in [1.29, 1.82) is 0 Å². The summed E-state index contributed by atoms with van der Waals surface area (Å²) >= 11 is 0. The van der Waals surface area contributed by atoms with Gasteiger partial charge >= 0.3 is 0 Å². The Hall–Kier alpha value is -1.55. The van der Waals surface area contributed by atoms with Gasteiger partial charge in [-0.15, -0.1) is 0 Å². The quantitative estimate of drug-likeness (QED) is 0.824. The van der Waals surface area contributed by atoms with E-state index in [0.29, 0.717) is 12.5 Å². The molecule has 1 aliphatic rings. The third-order valence-corrected chi connectivity index (χ3v) is 4.36. The average Bonchev–Trinajstić information content (AvgIpc) is 2.54. The molecule has 128 valence electrons. The smallest absolute Gasteiger partial charge is 0.225 e. The van der Waals surface area contributed by atoms with Gasteiger partial charge in [0.2, 0.25) is 5.91 Å². The lowest BCUT2D eigenvalue weighted by Crippen LogP contribution is -2.40. The maximum atomic E-state index is 12.1. The molecule has 1 fully saturated rings. The van der Waals surface area contributed by atoms with Crippen LogP contribution in [0.25, 0.3) is 0 Å². The van der Waals surface area contributed by atoms with Gasteiger partial charge in [-0.1, -0.05) is 13.3 Å². The standard InChI is InChI=1S/C19H30N2O2/c1-4-17-7-5-6-13-21(17)14-12-19(22)20-16-8-10-18(11-9-16)23-15(2)3/h8-11,15,17H,4-7,12-14H2,1-3H3,(H,20,22). The minimum atomic E-state index is 0.0861. The van der Waals surface area contributed by atoms with E-state index in [1.165, 1.54) is 25.7 Å². The molecule has 1 aromatic carbocycles. The SMILES string of the molecule is CCC1CCCCN1CCC(=O)Nc1ccc(OC(C)C)cc1. The fourth-order valence-corrected chi connectivity index (χ4v) is 3.17. The first-order valence-corrected chi connectivity index (χ1v) is 8.89. The summed E-state index contributed by atoms with van der Waals surface area (Å²) in [5.74, 6) is 0.917. The molecule has 0 aromatic heterocycles. The molecule has 1 saturated heterocycles. The lowest BCUT2D eigenvalue weighted by Gasteiger charge is -2.35. The lowest BCUT2D eigenvalue weighted by molar-refractivity contribution is -0.116. The summed E-state index contributed by atoms with van der Waals surface area (Å²) in [6.07, 6.45) is 5.75. The summed E-state index contributed by atoms with van der Waals surface area (Å²) in [5, 5.41) is 2.97. The fourth-order valence-electron chi connectivity index (χ4n) is 3.17. The number of amides is 1. The molecule has 1 N–H and O–H groups in total. The van der Waals surface area contributed by atoms with E-state index < -0.39 is 0 Å². The molecular weight excluding hydrogens is 288 g/mol. The number of nitrogens with one attached hydrogen (secondary N) is 1. The third-order valence-electron chi connectivity index (χ3n) is 4.36. The van der Waals surface area contributed by atoms with Crippen LogP contribution in [0.2, 0.25) is 0 Å². The van der Waals surface area contributed by atoms with Crippen LogP contribution >= 0.6 is 0 Å². The van der Waals surface area contributed by atoms with Crippen LogP contribution in [0.1, 0.15) is 52.9 Å². The van der Waals surface area contributed by atoms with E-state index in [0.717, 1.165) is 24.5 Å². The van der Waals surface area contributed by atoms with E-state index in [9.17, 15) is 4.79 Å². The zero-order chi connectivity index (χ0) is 16.7. The summed E-state index contributed by atoms with van der Waals surface area (Å²) in [5.41, 5.74) is 0.830. The second-order valence-corrected chi connectivity index (χ2v) is 6.58. The van der Waals surface area contributed by atoms with Gasteiger partial charge in [-0.3, -0.25) is 9.69 Å². The molecule has 0 saturated carbocycles. The monoisotopic (exact) mass is 318 g/mol. The Kier molecular flexibility index (Phi) is 6.90. The molecule has 0 radical (unpaired) electrons. The van der Waals surface area contributed by atoms with Gasteiger partial charge in [0, 0.05) is 24.7 Å². The Labute approximate surface area is 140 Å². The van der Waals surface area contributed by atoms with Crippen molar-refractivity contribution in [2.45, 2.75) is 65.0 Å². The van der Waals surface area contributed by atoms with Gasteiger partial charge < -0.3 is 10.1 Å². The highest BCUT2D eigenvalue weighted by Gasteiger charge is 2.20. The number of hydrogen-bond acceptors (Lipinski definition) is 3. The number of ether oxygens (including phenoxy) is 1. The number of rotatable bonds is 7. The molecular formula is C19H30N2O2. The second-order valence-electron chi connectivity index (χ2n) is 6.58. The molecule has 1 unspecified atom stereocenters. The van der Waals surface area contributed by atoms with E-state index in [-0.39, 0.29) is 12.0 Å². The lowest BCUT2D eigenvalue weighted by atomic mass is 10.00. The first kappa shape index (κ1) is 17.8. The first-order valence-electron chi connectivity index (χ1n) is 8.89. The van der Waals surface area contributed by atoms with Crippen molar-refractivity contribution < 1.29 is 9.53 Å². The summed E-state index contributed by atoms with van der Waals surface area (Å²) in [6, 6.07) is 8.24. The minimum Gasteiger partial charge on any atom is -0.491 e. The molecule has 1 heterocycles. The molecule has 0 spiro atoms. The van der Waals surface area contributed by atoms with Crippen LogP contribution in [0.5, 0.6) is 5.75 Å². The molecule has 23 heavy (non-hydrogen) atoms. The van der Waals surface area contributed by atoms with Crippen LogP contribution in [-0.2, 0) is 4.79 Å². The molecule has 1 aromatic rings. The molecule has 0 bridgehead atoms. The Morgan fingerprint density at radius 2 is 2.04 bits per heavy atom. The van der Waals surface area contributed by atoms with Crippen molar-refractivity contribution >= 4 is 11.6 Å². The predicted molar refractivity (Wildman–Crippen MR) is 95.0 cm³/mol. The number of benzene rings is 1. The first-order chi connectivity index (χ1) is 11.1. The van der Waals surface area contributed by atoms with Crippen molar-refractivity contribution in [2.75, 3.05) is 18.4 Å². The van der Waals surface area contributed by atoms with Crippen molar-refractivity contribution in [2.24, 2.45) is 0 Å².